The molecule has 0 bridgehead atoms. The molecule has 18 heavy (non-hydrogen) atoms. The van der Waals surface area contributed by atoms with E-state index in [0.29, 0.717) is 30.3 Å². The number of hydrogen-bond donors (Lipinski definition) is 1. The van der Waals surface area contributed by atoms with Crippen LogP contribution >= 0.6 is 0 Å². The number of halogens is 1. The SMILES string of the molecule is CCCC(O)Cc1nc(-c2ccc(F)cn2)no1. The molecule has 0 saturated carbocycles. The molecule has 0 spiro atoms. The monoisotopic (exact) mass is 251 g/mol. The Morgan fingerprint density at radius 3 is 2.94 bits per heavy atom. The lowest BCUT2D eigenvalue weighted by molar-refractivity contribution is 0.152. The molecule has 2 rings (SSSR count). The van der Waals surface area contributed by atoms with E-state index >= 15 is 0 Å². The van der Waals surface area contributed by atoms with Gasteiger partial charge in [0.1, 0.15) is 11.5 Å². The van der Waals surface area contributed by atoms with E-state index in [1.54, 1.807) is 0 Å². The predicted octanol–water partition coefficient (Wildman–Crippen LogP) is 1.97. The number of rotatable bonds is 5. The number of nitrogens with zero attached hydrogens (tertiary/aromatic N) is 3. The van der Waals surface area contributed by atoms with Gasteiger partial charge in [-0.05, 0) is 18.6 Å². The Kier molecular flexibility index (Phi) is 3.99. The molecular weight excluding hydrogens is 237 g/mol. The molecule has 0 saturated heterocycles. The quantitative estimate of drug-likeness (QED) is 0.879. The van der Waals surface area contributed by atoms with Crippen molar-refractivity contribution in [3.63, 3.8) is 0 Å². The molecule has 6 heteroatoms. The Bertz CT molecular complexity index is 498. The van der Waals surface area contributed by atoms with Crippen molar-refractivity contribution in [1.29, 1.82) is 0 Å². The van der Waals surface area contributed by atoms with Crippen LogP contribution in [0.2, 0.25) is 0 Å². The fraction of sp³-hybridized carbons (Fsp3) is 0.417. The lowest BCUT2D eigenvalue weighted by Gasteiger charge is -2.03. The van der Waals surface area contributed by atoms with E-state index in [1.165, 1.54) is 12.1 Å². The molecule has 1 N–H and O–H groups in total. The average molecular weight is 251 g/mol. The van der Waals surface area contributed by atoms with Gasteiger partial charge in [0.15, 0.2) is 0 Å². The van der Waals surface area contributed by atoms with E-state index in [1.807, 2.05) is 6.92 Å². The molecule has 1 unspecified atom stereocenters. The molecule has 2 heterocycles. The lowest BCUT2D eigenvalue weighted by Crippen LogP contribution is -2.09. The Morgan fingerprint density at radius 1 is 1.44 bits per heavy atom. The molecule has 5 nitrogen and oxygen atoms in total. The van der Waals surface area contributed by atoms with Crippen LogP contribution in [0.15, 0.2) is 22.9 Å². The molecule has 0 radical (unpaired) electrons. The number of pyridine rings is 1. The van der Waals surface area contributed by atoms with Crippen LogP contribution < -0.4 is 0 Å². The van der Waals surface area contributed by atoms with Crippen molar-refractivity contribution in [2.75, 3.05) is 0 Å². The summed E-state index contributed by atoms with van der Waals surface area (Å²) >= 11 is 0. The lowest BCUT2D eigenvalue weighted by atomic mass is 10.1. The number of aliphatic hydroxyl groups excluding tert-OH is 1. The highest BCUT2D eigenvalue weighted by atomic mass is 19.1. The molecular formula is C12H14FN3O2. The predicted molar refractivity (Wildman–Crippen MR) is 62.1 cm³/mol. The zero-order valence-corrected chi connectivity index (χ0v) is 10.0. The summed E-state index contributed by atoms with van der Waals surface area (Å²) in [6.07, 6.45) is 2.51. The third-order valence-electron chi connectivity index (χ3n) is 2.46. The maximum absolute atomic E-state index is 12.7. The van der Waals surface area contributed by atoms with Crippen LogP contribution in [0.5, 0.6) is 0 Å². The number of hydrogen-bond acceptors (Lipinski definition) is 5. The largest absolute Gasteiger partial charge is 0.393 e. The van der Waals surface area contributed by atoms with Gasteiger partial charge >= 0.3 is 0 Å². The van der Waals surface area contributed by atoms with Gasteiger partial charge in [-0.2, -0.15) is 4.98 Å². The van der Waals surface area contributed by atoms with E-state index in [4.69, 9.17) is 4.52 Å². The summed E-state index contributed by atoms with van der Waals surface area (Å²) in [5, 5.41) is 13.4. The summed E-state index contributed by atoms with van der Waals surface area (Å²) in [6.45, 7) is 1.99. The first-order chi connectivity index (χ1) is 8.69. The summed E-state index contributed by atoms with van der Waals surface area (Å²) in [5.74, 6) is 0.242. The summed E-state index contributed by atoms with van der Waals surface area (Å²) in [6, 6.07) is 2.76. The van der Waals surface area contributed by atoms with Gasteiger partial charge in [-0.1, -0.05) is 18.5 Å². The van der Waals surface area contributed by atoms with E-state index in [-0.39, 0.29) is 0 Å². The molecule has 96 valence electrons. The van der Waals surface area contributed by atoms with Gasteiger partial charge in [-0.3, -0.25) is 0 Å². The van der Waals surface area contributed by atoms with Crippen molar-refractivity contribution in [2.24, 2.45) is 0 Å². The minimum atomic E-state index is -0.482. The van der Waals surface area contributed by atoms with Gasteiger partial charge in [0.2, 0.25) is 11.7 Å². The van der Waals surface area contributed by atoms with E-state index in [0.717, 1.165) is 12.6 Å². The van der Waals surface area contributed by atoms with Gasteiger partial charge in [0, 0.05) is 0 Å². The summed E-state index contributed by atoms with van der Waals surface area (Å²) in [4.78, 5) is 7.96. The Hall–Kier alpha value is -1.82. The molecule has 0 amide bonds. The van der Waals surface area contributed by atoms with Gasteiger partial charge in [0.05, 0.1) is 18.7 Å². The van der Waals surface area contributed by atoms with Crippen molar-refractivity contribution in [3.8, 4) is 11.5 Å². The fourth-order valence-corrected chi connectivity index (χ4v) is 1.59. The van der Waals surface area contributed by atoms with Crippen LogP contribution in [0, 0.1) is 5.82 Å². The van der Waals surface area contributed by atoms with Crippen molar-refractivity contribution in [3.05, 3.63) is 30.0 Å². The van der Waals surface area contributed by atoms with Crippen LogP contribution in [-0.2, 0) is 6.42 Å². The zero-order chi connectivity index (χ0) is 13.0. The maximum Gasteiger partial charge on any atom is 0.229 e. The molecule has 0 aliphatic rings. The minimum Gasteiger partial charge on any atom is -0.393 e. The van der Waals surface area contributed by atoms with Crippen molar-refractivity contribution < 1.29 is 14.0 Å². The second kappa shape index (κ2) is 5.68. The topological polar surface area (TPSA) is 72.0 Å². The van der Waals surface area contributed by atoms with Gasteiger partial charge < -0.3 is 9.63 Å². The highest BCUT2D eigenvalue weighted by molar-refractivity contribution is 5.47. The second-order valence-electron chi connectivity index (χ2n) is 4.02. The van der Waals surface area contributed by atoms with Crippen LogP contribution in [0.25, 0.3) is 11.5 Å². The Labute approximate surface area is 104 Å². The maximum atomic E-state index is 12.7. The molecule has 2 aromatic rings. The van der Waals surface area contributed by atoms with Crippen LogP contribution in [-0.4, -0.2) is 26.3 Å². The van der Waals surface area contributed by atoms with Crippen LogP contribution in [0.3, 0.4) is 0 Å². The average Bonchev–Trinajstić information content (AvgIpc) is 2.78. The molecule has 2 aromatic heterocycles. The Balaban J connectivity index is 2.08. The molecule has 0 fully saturated rings. The van der Waals surface area contributed by atoms with Crippen molar-refractivity contribution in [1.82, 2.24) is 15.1 Å². The molecule has 1 atom stereocenters. The minimum absolute atomic E-state index is 0.300. The normalized spacial score (nSPS) is 12.6. The fourth-order valence-electron chi connectivity index (χ4n) is 1.59. The first-order valence-electron chi connectivity index (χ1n) is 5.81. The molecule has 0 aromatic carbocycles. The molecule has 0 aliphatic heterocycles. The standard InChI is InChI=1S/C12H14FN3O2/c1-2-3-9(17)6-11-15-12(16-18-11)10-5-4-8(13)7-14-10/h4-5,7,9,17H,2-3,6H2,1H3. The van der Waals surface area contributed by atoms with E-state index in [9.17, 15) is 9.50 Å². The smallest absolute Gasteiger partial charge is 0.229 e. The van der Waals surface area contributed by atoms with Gasteiger partial charge in [-0.15, -0.1) is 0 Å². The highest BCUT2D eigenvalue weighted by Gasteiger charge is 2.13. The number of aromatic nitrogens is 3. The summed E-state index contributed by atoms with van der Waals surface area (Å²) < 4.78 is 17.7. The van der Waals surface area contributed by atoms with Gasteiger partial charge in [0.25, 0.3) is 0 Å². The summed E-state index contributed by atoms with van der Waals surface area (Å²) in [5.41, 5.74) is 0.441. The third kappa shape index (κ3) is 3.10. The zero-order valence-electron chi connectivity index (χ0n) is 10.0. The second-order valence-corrected chi connectivity index (χ2v) is 4.02. The number of aliphatic hydroxyl groups is 1. The highest BCUT2D eigenvalue weighted by Crippen LogP contribution is 2.14. The molecule has 0 aliphatic carbocycles. The van der Waals surface area contributed by atoms with Crippen molar-refractivity contribution >= 4 is 0 Å². The van der Waals surface area contributed by atoms with Crippen molar-refractivity contribution in [2.45, 2.75) is 32.3 Å². The van der Waals surface area contributed by atoms with E-state index < -0.39 is 11.9 Å². The Morgan fingerprint density at radius 2 is 2.28 bits per heavy atom. The van der Waals surface area contributed by atoms with Crippen LogP contribution in [0.1, 0.15) is 25.7 Å². The first kappa shape index (κ1) is 12.6. The van der Waals surface area contributed by atoms with Gasteiger partial charge in [-0.25, -0.2) is 9.37 Å². The third-order valence-corrected chi connectivity index (χ3v) is 2.46. The van der Waals surface area contributed by atoms with Crippen LogP contribution in [0.4, 0.5) is 4.39 Å². The first-order valence-corrected chi connectivity index (χ1v) is 5.81. The summed E-state index contributed by atoms with van der Waals surface area (Å²) in [7, 11) is 0. The van der Waals surface area contributed by atoms with E-state index in [2.05, 4.69) is 15.1 Å².